The molecule has 1 aliphatic rings. The molecule has 1 aliphatic heterocycles. The molecule has 1 atom stereocenters. The summed E-state index contributed by atoms with van der Waals surface area (Å²) in [5.74, 6) is -1.04. The average molecular weight is 522 g/mol. The molecule has 0 radical (unpaired) electrons. The standard InChI is InChI=1S/C23H19F5N6O3/c1-33(16-9-36-8-15-10(16)3-4-18(31-15)23(26,27)28)21(35)12-5-11-14(6-17(12)37-22(24)25)32-20(29)13-7-30-34(2)19(11)13/h3-7,16,22H,8-9H2,1-2H3,(H2,29,32). The van der Waals surface area contributed by atoms with Crippen LogP contribution in [0.1, 0.15) is 33.4 Å². The molecule has 37 heavy (non-hydrogen) atoms. The fourth-order valence-corrected chi connectivity index (χ4v) is 4.44. The highest BCUT2D eigenvalue weighted by Gasteiger charge is 2.36. The molecule has 194 valence electrons. The van der Waals surface area contributed by atoms with Crippen molar-refractivity contribution in [2.45, 2.75) is 25.4 Å². The number of ether oxygens (including phenoxy) is 2. The van der Waals surface area contributed by atoms with Gasteiger partial charge in [-0.15, -0.1) is 0 Å². The monoisotopic (exact) mass is 522 g/mol. The number of benzene rings is 1. The van der Waals surface area contributed by atoms with Gasteiger partial charge in [-0.1, -0.05) is 6.07 Å². The van der Waals surface area contributed by atoms with Crippen LogP contribution in [-0.4, -0.2) is 50.8 Å². The Balaban J connectivity index is 1.61. The van der Waals surface area contributed by atoms with Crippen molar-refractivity contribution in [2.75, 3.05) is 19.4 Å². The smallest absolute Gasteiger partial charge is 0.433 e. The van der Waals surface area contributed by atoms with Crippen molar-refractivity contribution < 1.29 is 36.2 Å². The molecule has 0 bridgehead atoms. The Morgan fingerprint density at radius 3 is 2.70 bits per heavy atom. The molecule has 4 aromatic rings. The van der Waals surface area contributed by atoms with Gasteiger partial charge in [-0.3, -0.25) is 9.48 Å². The van der Waals surface area contributed by atoms with Gasteiger partial charge in [-0.05, 0) is 12.1 Å². The fraction of sp³-hybridized carbons (Fsp3) is 0.304. The minimum Gasteiger partial charge on any atom is -0.434 e. The number of fused-ring (bicyclic) bond motifs is 4. The zero-order chi connectivity index (χ0) is 26.6. The van der Waals surface area contributed by atoms with Gasteiger partial charge in [0.2, 0.25) is 0 Å². The highest BCUT2D eigenvalue weighted by Crippen LogP contribution is 2.37. The van der Waals surface area contributed by atoms with E-state index in [4.69, 9.17) is 10.5 Å². The summed E-state index contributed by atoms with van der Waals surface area (Å²) in [4.78, 5) is 22.7. The highest BCUT2D eigenvalue weighted by atomic mass is 19.4. The Hall–Kier alpha value is -4.07. The number of aryl methyl sites for hydroxylation is 1. The molecule has 14 heteroatoms. The average Bonchev–Trinajstić information content (AvgIpc) is 3.23. The summed E-state index contributed by atoms with van der Waals surface area (Å²) < 4.78 is 77.5. The maximum atomic E-state index is 13.6. The lowest BCUT2D eigenvalue weighted by Crippen LogP contribution is -2.37. The summed E-state index contributed by atoms with van der Waals surface area (Å²) in [7, 11) is 3.04. The van der Waals surface area contributed by atoms with Gasteiger partial charge >= 0.3 is 12.8 Å². The second kappa shape index (κ2) is 8.80. The highest BCUT2D eigenvalue weighted by molar-refractivity contribution is 6.11. The quantitative estimate of drug-likeness (QED) is 0.403. The Kier molecular flexibility index (Phi) is 5.85. The van der Waals surface area contributed by atoms with Crippen molar-refractivity contribution in [3.63, 3.8) is 0 Å². The van der Waals surface area contributed by atoms with E-state index in [9.17, 15) is 26.7 Å². The van der Waals surface area contributed by atoms with E-state index in [1.807, 2.05) is 0 Å². The van der Waals surface area contributed by atoms with E-state index in [1.165, 1.54) is 41.0 Å². The van der Waals surface area contributed by atoms with Crippen LogP contribution in [0.3, 0.4) is 0 Å². The van der Waals surface area contributed by atoms with Crippen LogP contribution in [-0.2, 0) is 24.6 Å². The van der Waals surface area contributed by atoms with Crippen LogP contribution >= 0.6 is 0 Å². The molecular formula is C23H19F5N6O3. The summed E-state index contributed by atoms with van der Waals surface area (Å²) in [5, 5.41) is 5.08. The lowest BCUT2D eigenvalue weighted by Gasteiger charge is -2.33. The topological polar surface area (TPSA) is 108 Å². The third kappa shape index (κ3) is 4.26. The number of hydrogen-bond donors (Lipinski definition) is 1. The van der Waals surface area contributed by atoms with Crippen LogP contribution in [0.25, 0.3) is 21.8 Å². The van der Waals surface area contributed by atoms with E-state index >= 15 is 0 Å². The van der Waals surface area contributed by atoms with Crippen molar-refractivity contribution >= 4 is 33.5 Å². The Labute approximate surface area is 205 Å². The Bertz CT molecular complexity index is 1540. The van der Waals surface area contributed by atoms with E-state index in [0.717, 1.165) is 6.07 Å². The van der Waals surface area contributed by atoms with Gasteiger partial charge in [-0.25, -0.2) is 9.97 Å². The summed E-state index contributed by atoms with van der Waals surface area (Å²) in [6, 6.07) is 3.78. The number of hydrogen-bond acceptors (Lipinski definition) is 7. The molecule has 0 aliphatic carbocycles. The number of nitrogens with two attached hydrogens (primary N) is 1. The van der Waals surface area contributed by atoms with Crippen molar-refractivity contribution in [1.82, 2.24) is 24.6 Å². The number of halogens is 5. The summed E-state index contributed by atoms with van der Waals surface area (Å²) in [6.45, 7) is -3.44. The van der Waals surface area contributed by atoms with Crippen LogP contribution in [0.2, 0.25) is 0 Å². The lowest BCUT2D eigenvalue weighted by atomic mass is 10.00. The fourth-order valence-electron chi connectivity index (χ4n) is 4.44. The zero-order valence-corrected chi connectivity index (χ0v) is 19.4. The third-order valence-electron chi connectivity index (χ3n) is 6.22. The first-order chi connectivity index (χ1) is 17.5. The first kappa shape index (κ1) is 24.6. The van der Waals surface area contributed by atoms with Crippen LogP contribution in [0.5, 0.6) is 5.75 Å². The number of amides is 1. The number of rotatable bonds is 4. The van der Waals surface area contributed by atoms with Gasteiger partial charge in [0, 0.05) is 31.1 Å². The molecule has 0 saturated heterocycles. The van der Waals surface area contributed by atoms with Gasteiger partial charge < -0.3 is 20.1 Å². The maximum absolute atomic E-state index is 13.6. The van der Waals surface area contributed by atoms with Gasteiger partial charge in [0.25, 0.3) is 5.91 Å². The van der Waals surface area contributed by atoms with Gasteiger partial charge in [0.15, 0.2) is 0 Å². The van der Waals surface area contributed by atoms with Crippen molar-refractivity contribution in [3.8, 4) is 5.75 Å². The summed E-state index contributed by atoms with van der Waals surface area (Å²) in [5.41, 5.74) is 5.82. The number of nitrogens with zero attached hydrogens (tertiary/aromatic N) is 5. The van der Waals surface area contributed by atoms with Gasteiger partial charge in [0.05, 0.1) is 53.1 Å². The second-order valence-corrected chi connectivity index (χ2v) is 8.45. The van der Waals surface area contributed by atoms with E-state index in [-0.39, 0.29) is 35.8 Å². The number of aromatic nitrogens is 4. The third-order valence-corrected chi connectivity index (χ3v) is 6.22. The molecule has 1 amide bonds. The number of pyridine rings is 2. The zero-order valence-electron chi connectivity index (χ0n) is 19.4. The normalized spacial score (nSPS) is 15.8. The van der Waals surface area contributed by atoms with Crippen LogP contribution in [0.4, 0.5) is 27.8 Å². The number of alkyl halides is 5. The molecule has 1 unspecified atom stereocenters. The molecule has 1 aromatic carbocycles. The molecule has 4 heterocycles. The lowest BCUT2D eigenvalue weighted by molar-refractivity contribution is -0.141. The maximum Gasteiger partial charge on any atom is 0.433 e. The molecule has 0 spiro atoms. The Morgan fingerprint density at radius 2 is 2.00 bits per heavy atom. The molecule has 0 fully saturated rings. The molecule has 0 saturated carbocycles. The molecule has 2 N–H and O–H groups in total. The SMILES string of the molecule is CN(C(=O)c1cc2c(cc1OC(F)F)nc(N)c1cnn(C)c12)C1COCc2nc(C(F)(F)F)ccc21. The minimum absolute atomic E-state index is 0.0320. The number of carbonyl (C=O) groups excluding carboxylic acids is 1. The van der Waals surface area contributed by atoms with Crippen LogP contribution < -0.4 is 10.5 Å². The largest absolute Gasteiger partial charge is 0.434 e. The van der Waals surface area contributed by atoms with Crippen molar-refractivity contribution in [3.05, 3.63) is 53.0 Å². The second-order valence-electron chi connectivity index (χ2n) is 8.45. The van der Waals surface area contributed by atoms with Crippen molar-refractivity contribution in [2.24, 2.45) is 7.05 Å². The molecule has 9 nitrogen and oxygen atoms in total. The molecular weight excluding hydrogens is 503 g/mol. The predicted molar refractivity (Wildman–Crippen MR) is 121 cm³/mol. The van der Waals surface area contributed by atoms with E-state index in [0.29, 0.717) is 21.9 Å². The molecule has 5 rings (SSSR count). The van der Waals surface area contributed by atoms with E-state index in [1.54, 1.807) is 7.05 Å². The van der Waals surface area contributed by atoms with Crippen LogP contribution in [0, 0.1) is 0 Å². The number of anilines is 1. The first-order valence-corrected chi connectivity index (χ1v) is 10.9. The summed E-state index contributed by atoms with van der Waals surface area (Å²) >= 11 is 0. The minimum atomic E-state index is -4.65. The Morgan fingerprint density at radius 1 is 1.24 bits per heavy atom. The van der Waals surface area contributed by atoms with Crippen LogP contribution in [0.15, 0.2) is 30.5 Å². The van der Waals surface area contributed by atoms with E-state index < -0.39 is 36.2 Å². The number of carbonyl (C=O) groups is 1. The van der Waals surface area contributed by atoms with Gasteiger partial charge in [-0.2, -0.15) is 27.1 Å². The summed E-state index contributed by atoms with van der Waals surface area (Å²) in [6.07, 6.45) is -3.16. The number of nitrogen functional groups attached to an aromatic ring is 1. The molecule has 3 aromatic heterocycles. The predicted octanol–water partition coefficient (Wildman–Crippen LogP) is 4.06. The van der Waals surface area contributed by atoms with Gasteiger partial charge in [0.1, 0.15) is 17.3 Å². The van der Waals surface area contributed by atoms with E-state index in [2.05, 4.69) is 19.8 Å². The number of likely N-dealkylation sites (N-methyl/N-ethyl adjacent to an activating group) is 1. The first-order valence-electron chi connectivity index (χ1n) is 10.9. The van der Waals surface area contributed by atoms with Crippen molar-refractivity contribution in [1.29, 1.82) is 0 Å².